The summed E-state index contributed by atoms with van der Waals surface area (Å²) in [6.45, 7) is 5.31. The van der Waals surface area contributed by atoms with E-state index in [1.165, 1.54) is 11.6 Å². The summed E-state index contributed by atoms with van der Waals surface area (Å²) in [5.41, 5.74) is 4.36. The topological polar surface area (TPSA) is 79.6 Å². The molecule has 2 N–H and O–H groups in total. The van der Waals surface area contributed by atoms with Gasteiger partial charge >= 0.3 is 0 Å². The van der Waals surface area contributed by atoms with E-state index in [4.69, 9.17) is 17.0 Å². The zero-order valence-electron chi connectivity index (χ0n) is 17.8. The van der Waals surface area contributed by atoms with Crippen molar-refractivity contribution in [3.05, 3.63) is 53.2 Å². The average Bonchev–Trinajstić information content (AvgIpc) is 3.49. The van der Waals surface area contributed by atoms with E-state index < -0.39 is 0 Å². The second-order valence-corrected chi connectivity index (χ2v) is 8.12. The van der Waals surface area contributed by atoms with Crippen LogP contribution in [0.25, 0.3) is 11.2 Å². The highest BCUT2D eigenvalue weighted by Crippen LogP contribution is 2.31. The molecule has 1 aromatic carbocycles. The maximum absolute atomic E-state index is 14.5. The number of hydrogen-bond donors (Lipinski definition) is 2. The van der Waals surface area contributed by atoms with Gasteiger partial charge in [-0.15, -0.1) is 10.2 Å². The van der Waals surface area contributed by atoms with Gasteiger partial charge in [0.05, 0.1) is 6.61 Å². The molecular weight excluding hydrogens is 429 g/mol. The lowest BCUT2D eigenvalue weighted by molar-refractivity contribution is 0.356. The van der Waals surface area contributed by atoms with Crippen LogP contribution in [-0.2, 0) is 13.0 Å². The van der Waals surface area contributed by atoms with Gasteiger partial charge in [0.25, 0.3) is 0 Å². The Bertz CT molecular complexity index is 1210. The number of thiocarbonyl (C=S) groups is 1. The number of hydrogen-bond acceptors (Lipinski definition) is 6. The van der Waals surface area contributed by atoms with E-state index in [-0.39, 0.29) is 5.82 Å². The number of aromatic nitrogens is 4. The fourth-order valence-electron chi connectivity index (χ4n) is 4.21. The van der Waals surface area contributed by atoms with Gasteiger partial charge in [0, 0.05) is 55.5 Å². The molecule has 8 nitrogen and oxygen atoms in total. The van der Waals surface area contributed by atoms with Gasteiger partial charge in [0.15, 0.2) is 10.8 Å². The SMILES string of the molecule is CCNC(=S)N1CC=C(c2cnc(NCc3c(F)ccc4c3CCO4)n3cnnc23)CC1. The van der Waals surface area contributed by atoms with Crippen molar-refractivity contribution in [3.8, 4) is 5.75 Å². The van der Waals surface area contributed by atoms with Crippen LogP contribution >= 0.6 is 12.2 Å². The Morgan fingerprint density at radius 3 is 3.03 bits per heavy atom. The second kappa shape index (κ2) is 8.70. The summed E-state index contributed by atoms with van der Waals surface area (Å²) in [4.78, 5) is 6.74. The normalized spacial score (nSPS) is 15.3. The number of ether oxygens (including phenoxy) is 1. The van der Waals surface area contributed by atoms with Gasteiger partial charge in [-0.2, -0.15) is 0 Å². The summed E-state index contributed by atoms with van der Waals surface area (Å²) in [5, 5.41) is 15.6. The quantitative estimate of drug-likeness (QED) is 0.571. The van der Waals surface area contributed by atoms with Crippen molar-refractivity contribution in [2.45, 2.75) is 26.3 Å². The third-order valence-corrected chi connectivity index (χ3v) is 6.27. The average molecular weight is 454 g/mol. The summed E-state index contributed by atoms with van der Waals surface area (Å²) >= 11 is 5.42. The van der Waals surface area contributed by atoms with E-state index in [0.717, 1.165) is 53.7 Å². The van der Waals surface area contributed by atoms with Crippen molar-refractivity contribution in [1.29, 1.82) is 0 Å². The zero-order chi connectivity index (χ0) is 22.1. The van der Waals surface area contributed by atoms with Crippen molar-refractivity contribution in [2.24, 2.45) is 0 Å². The molecule has 0 amide bonds. The van der Waals surface area contributed by atoms with Gasteiger partial charge in [-0.25, -0.2) is 9.37 Å². The largest absolute Gasteiger partial charge is 0.493 e. The minimum Gasteiger partial charge on any atom is -0.493 e. The number of rotatable bonds is 5. The Labute approximate surface area is 190 Å². The number of halogens is 1. The zero-order valence-corrected chi connectivity index (χ0v) is 18.6. The minimum atomic E-state index is -0.245. The molecule has 0 radical (unpaired) electrons. The molecule has 0 atom stereocenters. The van der Waals surface area contributed by atoms with Gasteiger partial charge in [-0.05, 0) is 43.3 Å². The predicted molar refractivity (Wildman–Crippen MR) is 124 cm³/mol. The number of fused-ring (bicyclic) bond motifs is 2. The maximum atomic E-state index is 14.5. The molecule has 0 spiro atoms. The summed E-state index contributed by atoms with van der Waals surface area (Å²) in [5.74, 6) is 1.08. The van der Waals surface area contributed by atoms with Crippen LogP contribution in [0.5, 0.6) is 5.75 Å². The molecule has 2 aromatic heterocycles. The standard InChI is InChI=1S/C22H24FN7OS/c1-2-24-22(32)29-8-5-14(6-9-29)16-11-25-21(30-13-27-28-20(16)30)26-12-17-15-7-10-31-19(15)4-3-18(17)23/h3-5,11,13H,2,6-10,12H2,1H3,(H,24,32)(H,25,26). The molecule has 0 fully saturated rings. The fourth-order valence-corrected chi connectivity index (χ4v) is 4.52. The summed E-state index contributed by atoms with van der Waals surface area (Å²) in [7, 11) is 0. The molecule has 10 heteroatoms. The molecule has 32 heavy (non-hydrogen) atoms. The second-order valence-electron chi connectivity index (χ2n) is 7.74. The molecule has 2 aliphatic rings. The predicted octanol–water partition coefficient (Wildman–Crippen LogP) is 2.79. The van der Waals surface area contributed by atoms with E-state index >= 15 is 0 Å². The highest BCUT2D eigenvalue weighted by molar-refractivity contribution is 7.80. The molecule has 2 aliphatic heterocycles. The Balaban J connectivity index is 1.37. The van der Waals surface area contributed by atoms with Crippen LogP contribution < -0.4 is 15.4 Å². The smallest absolute Gasteiger partial charge is 0.210 e. The summed E-state index contributed by atoms with van der Waals surface area (Å²) in [6.07, 6.45) is 7.14. The van der Waals surface area contributed by atoms with Gasteiger partial charge in [-0.1, -0.05) is 6.08 Å². The highest BCUT2D eigenvalue weighted by Gasteiger charge is 2.21. The van der Waals surface area contributed by atoms with Gasteiger partial charge in [-0.3, -0.25) is 4.40 Å². The van der Waals surface area contributed by atoms with Crippen molar-refractivity contribution in [2.75, 3.05) is 31.6 Å². The number of nitrogens with one attached hydrogen (secondary N) is 2. The molecule has 0 bridgehead atoms. The van der Waals surface area contributed by atoms with E-state index in [2.05, 4.69) is 36.8 Å². The third kappa shape index (κ3) is 3.75. The van der Waals surface area contributed by atoms with E-state index in [1.807, 2.05) is 17.5 Å². The van der Waals surface area contributed by atoms with Crippen LogP contribution in [0.2, 0.25) is 0 Å². The van der Waals surface area contributed by atoms with Crippen molar-refractivity contribution >= 4 is 34.5 Å². The Morgan fingerprint density at radius 1 is 1.31 bits per heavy atom. The number of benzene rings is 1. The van der Waals surface area contributed by atoms with Crippen LogP contribution in [0.4, 0.5) is 10.3 Å². The molecule has 0 aliphatic carbocycles. The van der Waals surface area contributed by atoms with Gasteiger partial charge in [0.1, 0.15) is 17.9 Å². The molecule has 0 unspecified atom stereocenters. The minimum absolute atomic E-state index is 0.245. The van der Waals surface area contributed by atoms with Crippen LogP contribution in [0.3, 0.4) is 0 Å². The molecule has 0 saturated carbocycles. The Kier molecular flexibility index (Phi) is 5.60. The lowest BCUT2D eigenvalue weighted by atomic mass is 10.0. The first-order chi connectivity index (χ1) is 15.7. The molecule has 5 rings (SSSR count). The first-order valence-corrected chi connectivity index (χ1v) is 11.1. The Hall–Kier alpha value is -3.27. The van der Waals surface area contributed by atoms with Crippen molar-refractivity contribution in [1.82, 2.24) is 29.8 Å². The van der Waals surface area contributed by atoms with Gasteiger partial charge in [0.2, 0.25) is 5.95 Å². The number of anilines is 1. The van der Waals surface area contributed by atoms with Gasteiger partial charge < -0.3 is 20.3 Å². The number of nitrogens with zero attached hydrogens (tertiary/aromatic N) is 5. The van der Waals surface area contributed by atoms with Crippen molar-refractivity contribution < 1.29 is 9.13 Å². The maximum Gasteiger partial charge on any atom is 0.210 e. The molecular formula is C22H24FN7OS. The van der Waals surface area contributed by atoms with Crippen LogP contribution in [-0.4, -0.2) is 55.8 Å². The molecule has 3 aromatic rings. The molecule has 4 heterocycles. The summed E-state index contributed by atoms with van der Waals surface area (Å²) in [6, 6.07) is 3.14. The van der Waals surface area contributed by atoms with E-state index in [0.29, 0.717) is 31.1 Å². The van der Waals surface area contributed by atoms with E-state index in [1.54, 1.807) is 12.4 Å². The van der Waals surface area contributed by atoms with E-state index in [9.17, 15) is 4.39 Å². The first-order valence-electron chi connectivity index (χ1n) is 10.7. The highest BCUT2D eigenvalue weighted by atomic mass is 32.1. The lowest BCUT2D eigenvalue weighted by Gasteiger charge is -2.29. The van der Waals surface area contributed by atoms with Crippen LogP contribution in [0.1, 0.15) is 30.0 Å². The Morgan fingerprint density at radius 2 is 2.22 bits per heavy atom. The fraction of sp³-hybridized carbons (Fsp3) is 0.364. The monoisotopic (exact) mass is 453 g/mol. The molecule has 0 saturated heterocycles. The van der Waals surface area contributed by atoms with Crippen LogP contribution in [0.15, 0.2) is 30.7 Å². The lowest BCUT2D eigenvalue weighted by Crippen LogP contribution is -2.41. The third-order valence-electron chi connectivity index (χ3n) is 5.87. The molecule has 166 valence electrons. The van der Waals surface area contributed by atoms with Crippen molar-refractivity contribution in [3.63, 3.8) is 0 Å². The van der Waals surface area contributed by atoms with Crippen LogP contribution in [0, 0.1) is 5.82 Å². The summed E-state index contributed by atoms with van der Waals surface area (Å²) < 4.78 is 21.8. The first kappa shape index (κ1) is 20.6.